The van der Waals surface area contributed by atoms with Gasteiger partial charge >= 0.3 is 12.1 Å². The fourth-order valence-corrected chi connectivity index (χ4v) is 4.47. The molecule has 6 heteroatoms. The number of ether oxygens (including phenoxy) is 2. The first-order valence-corrected chi connectivity index (χ1v) is 12.1. The van der Waals surface area contributed by atoms with Crippen molar-refractivity contribution in [2.24, 2.45) is 0 Å². The Morgan fingerprint density at radius 3 is 2.03 bits per heavy atom. The van der Waals surface area contributed by atoms with E-state index < -0.39 is 23.7 Å². The van der Waals surface area contributed by atoms with E-state index >= 15 is 0 Å². The van der Waals surface area contributed by atoms with E-state index in [2.05, 4.69) is 45.5 Å². The van der Waals surface area contributed by atoms with Gasteiger partial charge in [0.1, 0.15) is 18.2 Å². The predicted octanol–water partition coefficient (Wildman–Crippen LogP) is 6.24. The quantitative estimate of drug-likeness (QED) is 0.390. The Balaban J connectivity index is 1.46. The molecule has 1 aliphatic carbocycles. The molecule has 0 aromatic heterocycles. The molecule has 5 nitrogen and oxygen atoms in total. The summed E-state index contributed by atoms with van der Waals surface area (Å²) in [6.45, 7) is 5.58. The van der Waals surface area contributed by atoms with Crippen molar-refractivity contribution in [1.29, 1.82) is 0 Å². The Kier molecular flexibility index (Phi) is 7.08. The summed E-state index contributed by atoms with van der Waals surface area (Å²) in [5.41, 5.74) is 4.82. The Labute approximate surface area is 208 Å². The van der Waals surface area contributed by atoms with Gasteiger partial charge in [-0.1, -0.05) is 76.6 Å². The number of alkyl carbamates (subject to hydrolysis) is 1. The molecule has 3 aromatic rings. The molecule has 1 aliphatic rings. The van der Waals surface area contributed by atoms with Gasteiger partial charge in [0, 0.05) is 16.8 Å². The predicted molar refractivity (Wildman–Crippen MR) is 136 cm³/mol. The zero-order valence-electron chi connectivity index (χ0n) is 19.5. The van der Waals surface area contributed by atoms with Crippen LogP contribution in [0.25, 0.3) is 11.1 Å². The Morgan fingerprint density at radius 1 is 0.912 bits per heavy atom. The molecule has 1 atom stereocenters. The summed E-state index contributed by atoms with van der Waals surface area (Å²) in [4.78, 5) is 25.7. The highest BCUT2D eigenvalue weighted by Crippen LogP contribution is 2.44. The smallest absolute Gasteiger partial charge is 0.407 e. The largest absolute Gasteiger partial charge is 0.458 e. The first kappa shape index (κ1) is 24.0. The van der Waals surface area contributed by atoms with E-state index in [1.54, 1.807) is 20.8 Å². The summed E-state index contributed by atoms with van der Waals surface area (Å²) in [7, 11) is 0. The number of hydrogen-bond donors (Lipinski definition) is 1. The number of hydrogen-bond acceptors (Lipinski definition) is 4. The van der Waals surface area contributed by atoms with Gasteiger partial charge in [0.05, 0.1) is 0 Å². The summed E-state index contributed by atoms with van der Waals surface area (Å²) in [5.74, 6) is -0.548. The van der Waals surface area contributed by atoms with Crippen molar-refractivity contribution in [2.75, 3.05) is 6.61 Å². The maximum Gasteiger partial charge on any atom is 0.407 e. The first-order valence-electron chi connectivity index (χ1n) is 11.3. The average molecular weight is 522 g/mol. The zero-order chi connectivity index (χ0) is 24.3. The molecule has 0 heterocycles. The molecule has 0 fully saturated rings. The Morgan fingerprint density at radius 2 is 1.47 bits per heavy atom. The van der Waals surface area contributed by atoms with Crippen molar-refractivity contribution >= 4 is 28.0 Å². The highest BCUT2D eigenvalue weighted by Gasteiger charge is 2.31. The Hall–Kier alpha value is -3.12. The highest BCUT2D eigenvalue weighted by molar-refractivity contribution is 9.10. The van der Waals surface area contributed by atoms with Crippen LogP contribution in [0.3, 0.4) is 0 Å². The van der Waals surface area contributed by atoms with Gasteiger partial charge in [-0.2, -0.15) is 0 Å². The van der Waals surface area contributed by atoms with Gasteiger partial charge in [-0.25, -0.2) is 9.59 Å². The van der Waals surface area contributed by atoms with Crippen LogP contribution in [0.5, 0.6) is 0 Å². The average Bonchev–Trinajstić information content (AvgIpc) is 3.11. The number of fused-ring (bicyclic) bond motifs is 3. The van der Waals surface area contributed by atoms with Crippen LogP contribution in [0.1, 0.15) is 43.4 Å². The number of carbonyl (C=O) groups is 2. The third-order valence-corrected chi connectivity index (χ3v) is 6.21. The lowest BCUT2D eigenvalue weighted by Gasteiger charge is -2.25. The second-order valence-electron chi connectivity index (χ2n) is 9.39. The van der Waals surface area contributed by atoms with Gasteiger partial charge in [-0.05, 0) is 60.7 Å². The fourth-order valence-electron chi connectivity index (χ4n) is 4.20. The molecule has 1 unspecified atom stereocenters. The maximum absolute atomic E-state index is 12.9. The second kappa shape index (κ2) is 10.0. The summed E-state index contributed by atoms with van der Waals surface area (Å²) in [6.07, 6.45) is -0.346. The number of esters is 1. The second-order valence-corrected chi connectivity index (χ2v) is 10.3. The highest BCUT2D eigenvalue weighted by atomic mass is 79.9. The van der Waals surface area contributed by atoms with Crippen LogP contribution >= 0.6 is 15.9 Å². The maximum atomic E-state index is 12.9. The molecule has 1 amide bonds. The molecule has 34 heavy (non-hydrogen) atoms. The Bertz CT molecular complexity index is 1140. The van der Waals surface area contributed by atoms with Crippen LogP contribution < -0.4 is 5.32 Å². The van der Waals surface area contributed by atoms with Crippen molar-refractivity contribution in [3.05, 3.63) is 94.0 Å². The minimum Gasteiger partial charge on any atom is -0.458 e. The van der Waals surface area contributed by atoms with Crippen molar-refractivity contribution in [2.45, 2.75) is 44.8 Å². The standard InChI is InChI=1S/C28H28BrNO4/c1-28(2,3)34-26(31)25(16-18-12-14-19(29)15-13-18)30-27(32)33-17-24-22-10-6-4-8-20(22)21-9-5-7-11-23(21)24/h4-15,24-25H,16-17H2,1-3H3,(H,30,32). The van der Waals surface area contributed by atoms with Gasteiger partial charge < -0.3 is 14.8 Å². The van der Waals surface area contributed by atoms with Crippen LogP contribution in [-0.2, 0) is 20.7 Å². The molecule has 0 saturated heterocycles. The van der Waals surface area contributed by atoms with Crippen LogP contribution in [-0.4, -0.2) is 30.3 Å². The van der Waals surface area contributed by atoms with Gasteiger partial charge in [0.2, 0.25) is 0 Å². The van der Waals surface area contributed by atoms with E-state index in [1.165, 1.54) is 0 Å². The number of rotatable bonds is 6. The molecule has 0 spiro atoms. The van der Waals surface area contributed by atoms with E-state index in [0.717, 1.165) is 32.3 Å². The van der Waals surface area contributed by atoms with Crippen molar-refractivity contribution in [1.82, 2.24) is 5.32 Å². The molecule has 4 rings (SSSR count). The van der Waals surface area contributed by atoms with E-state index in [9.17, 15) is 9.59 Å². The summed E-state index contributed by atoms with van der Waals surface area (Å²) < 4.78 is 12.1. The van der Waals surface area contributed by atoms with Crippen LogP contribution in [0, 0.1) is 0 Å². The van der Waals surface area contributed by atoms with Gasteiger partial charge in [0.25, 0.3) is 0 Å². The summed E-state index contributed by atoms with van der Waals surface area (Å²) in [6, 6.07) is 23.1. The van der Waals surface area contributed by atoms with Gasteiger partial charge in [0.15, 0.2) is 0 Å². The van der Waals surface area contributed by atoms with E-state index in [-0.39, 0.29) is 12.5 Å². The first-order chi connectivity index (χ1) is 16.2. The van der Waals surface area contributed by atoms with Crippen LogP contribution in [0.4, 0.5) is 4.79 Å². The number of benzene rings is 3. The SMILES string of the molecule is CC(C)(C)OC(=O)C(Cc1ccc(Br)cc1)NC(=O)OCC1c2ccccc2-c2ccccc21. The van der Waals surface area contributed by atoms with Gasteiger partial charge in [-0.15, -0.1) is 0 Å². The zero-order valence-corrected chi connectivity index (χ0v) is 21.1. The topological polar surface area (TPSA) is 64.6 Å². The number of nitrogens with one attached hydrogen (secondary N) is 1. The van der Waals surface area contributed by atoms with Crippen molar-refractivity contribution < 1.29 is 19.1 Å². The van der Waals surface area contributed by atoms with Gasteiger partial charge in [-0.3, -0.25) is 0 Å². The molecule has 0 aliphatic heterocycles. The lowest BCUT2D eigenvalue weighted by atomic mass is 9.98. The van der Waals surface area contributed by atoms with E-state index in [0.29, 0.717) is 6.42 Å². The minimum atomic E-state index is -0.865. The number of halogens is 1. The third-order valence-electron chi connectivity index (χ3n) is 5.68. The molecule has 0 bridgehead atoms. The molecular formula is C28H28BrNO4. The summed E-state index contributed by atoms with van der Waals surface area (Å²) in [5, 5.41) is 2.73. The molecule has 176 valence electrons. The number of carbonyl (C=O) groups excluding carboxylic acids is 2. The van der Waals surface area contributed by atoms with Crippen molar-refractivity contribution in [3.63, 3.8) is 0 Å². The number of amides is 1. The summed E-state index contributed by atoms with van der Waals surface area (Å²) >= 11 is 3.42. The van der Waals surface area contributed by atoms with E-state index in [4.69, 9.17) is 9.47 Å². The lowest BCUT2D eigenvalue weighted by Crippen LogP contribution is -2.46. The normalized spacial score (nSPS) is 13.5. The minimum absolute atomic E-state index is 0.0513. The fraction of sp³-hybridized carbons (Fsp3) is 0.286. The van der Waals surface area contributed by atoms with Crippen molar-refractivity contribution in [3.8, 4) is 11.1 Å². The lowest BCUT2D eigenvalue weighted by molar-refractivity contribution is -0.157. The van der Waals surface area contributed by atoms with E-state index in [1.807, 2.05) is 48.5 Å². The molecule has 3 aromatic carbocycles. The van der Waals surface area contributed by atoms with Crippen LogP contribution in [0.15, 0.2) is 77.3 Å². The van der Waals surface area contributed by atoms with Crippen LogP contribution in [0.2, 0.25) is 0 Å². The monoisotopic (exact) mass is 521 g/mol. The molecule has 0 saturated carbocycles. The molecular weight excluding hydrogens is 494 g/mol. The third kappa shape index (κ3) is 5.68. The molecule has 1 N–H and O–H groups in total. The molecule has 0 radical (unpaired) electrons.